The molecule has 0 bridgehead atoms. The van der Waals surface area contributed by atoms with Gasteiger partial charge in [0.25, 0.3) is 0 Å². The van der Waals surface area contributed by atoms with Crippen molar-refractivity contribution in [3.63, 3.8) is 0 Å². The highest BCUT2D eigenvalue weighted by atomic mass is 16.6. The molecule has 0 unspecified atom stereocenters. The van der Waals surface area contributed by atoms with Gasteiger partial charge in [-0.05, 0) is 19.9 Å². The van der Waals surface area contributed by atoms with Crippen molar-refractivity contribution in [3.05, 3.63) is 11.8 Å². The van der Waals surface area contributed by atoms with Crippen LogP contribution >= 0.6 is 0 Å². The first-order valence-corrected chi connectivity index (χ1v) is 4.21. The largest absolute Gasteiger partial charge is 0.484 e. The number of ether oxygens (including phenoxy) is 3. The van der Waals surface area contributed by atoms with Crippen molar-refractivity contribution in [2.75, 3.05) is 26.9 Å². The Labute approximate surface area is 78.5 Å². The zero-order valence-corrected chi connectivity index (χ0v) is 8.33. The zero-order chi connectivity index (χ0) is 10.1. The van der Waals surface area contributed by atoms with Crippen LogP contribution < -0.4 is 0 Å². The molecule has 0 amide bonds. The van der Waals surface area contributed by atoms with E-state index in [9.17, 15) is 4.79 Å². The van der Waals surface area contributed by atoms with Crippen molar-refractivity contribution >= 4 is 5.97 Å². The highest BCUT2D eigenvalue weighted by Crippen LogP contribution is 2.00. The van der Waals surface area contributed by atoms with Crippen molar-refractivity contribution in [2.45, 2.75) is 13.8 Å². The second-order valence-corrected chi connectivity index (χ2v) is 2.21. The molecule has 0 aromatic carbocycles. The van der Waals surface area contributed by atoms with Crippen LogP contribution in [0.1, 0.15) is 13.8 Å². The van der Waals surface area contributed by atoms with Gasteiger partial charge in [-0.15, -0.1) is 0 Å². The monoisotopic (exact) mass is 188 g/mol. The Kier molecular flexibility index (Phi) is 7.01. The molecule has 0 aliphatic rings. The molecule has 0 aromatic heterocycles. The summed E-state index contributed by atoms with van der Waals surface area (Å²) in [7, 11) is 1.57. The van der Waals surface area contributed by atoms with Crippen LogP contribution in [-0.4, -0.2) is 32.9 Å². The Balaban J connectivity index is 3.83. The molecule has 0 rings (SSSR count). The van der Waals surface area contributed by atoms with E-state index in [-0.39, 0.29) is 5.76 Å². The Morgan fingerprint density at radius 2 is 2.00 bits per heavy atom. The van der Waals surface area contributed by atoms with Crippen LogP contribution in [0.2, 0.25) is 0 Å². The molecule has 0 radical (unpaired) electrons. The van der Waals surface area contributed by atoms with Gasteiger partial charge in [0.05, 0.1) is 13.2 Å². The number of allylic oxidation sites excluding steroid dienone is 1. The average molecular weight is 188 g/mol. The van der Waals surface area contributed by atoms with E-state index < -0.39 is 5.97 Å². The fourth-order valence-electron chi connectivity index (χ4n) is 0.697. The van der Waals surface area contributed by atoms with E-state index in [0.29, 0.717) is 19.8 Å². The molecule has 4 heteroatoms. The van der Waals surface area contributed by atoms with Gasteiger partial charge in [0.2, 0.25) is 0 Å². The maximum atomic E-state index is 11.1. The van der Waals surface area contributed by atoms with Crippen LogP contribution in [0.5, 0.6) is 0 Å². The highest BCUT2D eigenvalue weighted by Gasteiger charge is 2.09. The molecule has 0 aliphatic heterocycles. The second kappa shape index (κ2) is 7.61. The van der Waals surface area contributed by atoms with Crippen LogP contribution in [0.25, 0.3) is 0 Å². The van der Waals surface area contributed by atoms with Gasteiger partial charge in [-0.25, -0.2) is 4.79 Å². The normalized spacial score (nSPS) is 11.2. The van der Waals surface area contributed by atoms with Gasteiger partial charge in [0.15, 0.2) is 5.76 Å². The molecule has 0 aliphatic carbocycles. The number of carbonyl (C=O) groups is 1. The number of esters is 1. The summed E-state index contributed by atoms with van der Waals surface area (Å²) in [5.74, 6) is -0.194. The van der Waals surface area contributed by atoms with Crippen molar-refractivity contribution in [3.8, 4) is 0 Å². The van der Waals surface area contributed by atoms with Gasteiger partial charge in [0.1, 0.15) is 6.61 Å². The number of methoxy groups -OCH3 is 1. The molecule has 76 valence electrons. The van der Waals surface area contributed by atoms with Gasteiger partial charge in [-0.1, -0.05) is 0 Å². The third-order valence-corrected chi connectivity index (χ3v) is 1.28. The highest BCUT2D eigenvalue weighted by molar-refractivity contribution is 5.86. The first-order valence-electron chi connectivity index (χ1n) is 4.21. The first kappa shape index (κ1) is 12.0. The smallest absolute Gasteiger partial charge is 0.373 e. The maximum absolute atomic E-state index is 11.1. The summed E-state index contributed by atoms with van der Waals surface area (Å²) >= 11 is 0. The lowest BCUT2D eigenvalue weighted by Gasteiger charge is -2.07. The lowest BCUT2D eigenvalue weighted by atomic mass is 10.4. The molecular weight excluding hydrogens is 172 g/mol. The van der Waals surface area contributed by atoms with Crippen LogP contribution in [-0.2, 0) is 19.0 Å². The molecule has 0 spiro atoms. The number of rotatable bonds is 6. The van der Waals surface area contributed by atoms with Crippen LogP contribution in [0, 0.1) is 0 Å². The summed E-state index contributed by atoms with van der Waals surface area (Å²) in [6.45, 7) is 4.63. The number of hydrogen-bond donors (Lipinski definition) is 0. The van der Waals surface area contributed by atoms with Gasteiger partial charge < -0.3 is 14.2 Å². The molecule has 0 saturated carbocycles. The minimum atomic E-state index is -0.430. The van der Waals surface area contributed by atoms with Crippen LogP contribution in [0.3, 0.4) is 0 Å². The quantitative estimate of drug-likeness (QED) is 0.271. The fraction of sp³-hybridized carbons (Fsp3) is 0.667. The lowest BCUT2D eigenvalue weighted by Crippen LogP contribution is -2.12. The van der Waals surface area contributed by atoms with E-state index in [0.717, 1.165) is 0 Å². The van der Waals surface area contributed by atoms with Crippen molar-refractivity contribution in [2.24, 2.45) is 0 Å². The SMILES string of the molecule is CC=C(OCCOC)C(=O)OCC. The molecule has 0 heterocycles. The van der Waals surface area contributed by atoms with E-state index in [1.165, 1.54) is 0 Å². The molecule has 0 atom stereocenters. The predicted octanol–water partition coefficient (Wildman–Crippen LogP) is 1.12. The van der Waals surface area contributed by atoms with Crippen LogP contribution in [0.15, 0.2) is 11.8 Å². The number of carbonyl (C=O) groups excluding carboxylic acids is 1. The molecule has 0 N–H and O–H groups in total. The summed E-state index contributed by atoms with van der Waals surface area (Å²) in [6, 6.07) is 0. The summed E-state index contributed by atoms with van der Waals surface area (Å²) < 4.78 is 14.6. The van der Waals surface area contributed by atoms with Crippen molar-refractivity contribution < 1.29 is 19.0 Å². The van der Waals surface area contributed by atoms with E-state index in [1.54, 1.807) is 27.0 Å². The van der Waals surface area contributed by atoms with Gasteiger partial charge in [-0.3, -0.25) is 0 Å². The number of hydrogen-bond acceptors (Lipinski definition) is 4. The maximum Gasteiger partial charge on any atom is 0.373 e. The molecule has 0 aromatic rings. The lowest BCUT2D eigenvalue weighted by molar-refractivity contribution is -0.142. The average Bonchev–Trinajstić information content (AvgIpc) is 2.13. The first-order chi connectivity index (χ1) is 6.26. The Bertz CT molecular complexity index is 174. The van der Waals surface area contributed by atoms with Crippen molar-refractivity contribution in [1.29, 1.82) is 0 Å². The van der Waals surface area contributed by atoms with Crippen molar-refractivity contribution in [1.82, 2.24) is 0 Å². The van der Waals surface area contributed by atoms with E-state index in [4.69, 9.17) is 14.2 Å². The second-order valence-electron chi connectivity index (χ2n) is 2.21. The summed E-state index contributed by atoms with van der Waals surface area (Å²) in [5, 5.41) is 0. The van der Waals surface area contributed by atoms with Gasteiger partial charge in [0, 0.05) is 7.11 Å². The van der Waals surface area contributed by atoms with Crippen LogP contribution in [0.4, 0.5) is 0 Å². The molecule has 0 fully saturated rings. The molecule has 4 nitrogen and oxygen atoms in total. The Morgan fingerprint density at radius 1 is 1.31 bits per heavy atom. The summed E-state index contributed by atoms with van der Waals surface area (Å²) in [4.78, 5) is 11.1. The van der Waals surface area contributed by atoms with E-state index in [1.807, 2.05) is 0 Å². The summed E-state index contributed by atoms with van der Waals surface area (Å²) in [6.07, 6.45) is 1.58. The minimum Gasteiger partial charge on any atom is -0.484 e. The standard InChI is InChI=1S/C9H16O4/c1-4-8(9(10)12-5-2)13-7-6-11-3/h4H,5-7H2,1-3H3. The Morgan fingerprint density at radius 3 is 2.46 bits per heavy atom. The topological polar surface area (TPSA) is 44.8 Å². The zero-order valence-electron chi connectivity index (χ0n) is 8.33. The predicted molar refractivity (Wildman–Crippen MR) is 48.2 cm³/mol. The third kappa shape index (κ3) is 5.25. The molecule has 0 saturated heterocycles. The summed E-state index contributed by atoms with van der Waals surface area (Å²) in [5.41, 5.74) is 0. The van der Waals surface area contributed by atoms with E-state index >= 15 is 0 Å². The third-order valence-electron chi connectivity index (χ3n) is 1.28. The van der Waals surface area contributed by atoms with E-state index in [2.05, 4.69) is 0 Å². The Hall–Kier alpha value is -1.03. The minimum absolute atomic E-state index is 0.235. The molecule has 13 heavy (non-hydrogen) atoms. The van der Waals surface area contributed by atoms with Gasteiger partial charge >= 0.3 is 5.97 Å². The van der Waals surface area contributed by atoms with Gasteiger partial charge in [-0.2, -0.15) is 0 Å². The fourth-order valence-corrected chi connectivity index (χ4v) is 0.697. The molecular formula is C9H16O4.